The summed E-state index contributed by atoms with van der Waals surface area (Å²) in [6, 6.07) is 1.52. The fourth-order valence-corrected chi connectivity index (χ4v) is 1.15. The molecule has 1 aromatic heterocycles. The first-order chi connectivity index (χ1) is 6.00. The topological polar surface area (TPSA) is 43.8 Å². The molecule has 0 aliphatic carbocycles. The van der Waals surface area contributed by atoms with Crippen molar-refractivity contribution in [1.29, 1.82) is 0 Å². The molecule has 1 atom stereocenters. The Morgan fingerprint density at radius 1 is 1.69 bits per heavy atom. The van der Waals surface area contributed by atoms with Gasteiger partial charge in [0.15, 0.2) is 0 Å². The van der Waals surface area contributed by atoms with E-state index < -0.39 is 12.0 Å². The Labute approximate surface area is 75.5 Å². The van der Waals surface area contributed by atoms with Crippen LogP contribution in [-0.4, -0.2) is 16.2 Å². The van der Waals surface area contributed by atoms with Crippen LogP contribution in [0.5, 0.6) is 0 Å². The molecule has 1 unspecified atom stereocenters. The van der Waals surface area contributed by atoms with Gasteiger partial charge < -0.3 is 5.73 Å². The second kappa shape index (κ2) is 3.41. The summed E-state index contributed by atoms with van der Waals surface area (Å²) < 4.78 is 26.5. The maximum absolute atomic E-state index is 12.5. The van der Waals surface area contributed by atoms with Gasteiger partial charge in [0.25, 0.3) is 6.43 Å². The lowest BCUT2D eigenvalue weighted by molar-refractivity contribution is 0.0575. The summed E-state index contributed by atoms with van der Waals surface area (Å²) >= 11 is 0. The number of rotatable bonds is 3. The predicted octanol–water partition coefficient (Wildman–Crippen LogP) is 1.34. The van der Waals surface area contributed by atoms with Crippen molar-refractivity contribution in [2.45, 2.75) is 32.4 Å². The molecule has 0 saturated heterocycles. The molecule has 0 bridgehead atoms. The number of alkyl halides is 2. The Balaban J connectivity index is 3.06. The van der Waals surface area contributed by atoms with Crippen molar-refractivity contribution in [3.8, 4) is 0 Å². The highest BCUT2D eigenvalue weighted by Crippen LogP contribution is 2.24. The largest absolute Gasteiger partial charge is 0.316 e. The molecule has 0 aromatic carbocycles. The van der Waals surface area contributed by atoms with E-state index in [1.54, 1.807) is 0 Å². The van der Waals surface area contributed by atoms with Crippen molar-refractivity contribution >= 4 is 0 Å². The van der Waals surface area contributed by atoms with Crippen LogP contribution in [0.25, 0.3) is 0 Å². The quantitative estimate of drug-likeness (QED) is 0.779. The fourth-order valence-electron chi connectivity index (χ4n) is 1.15. The lowest BCUT2D eigenvalue weighted by Gasteiger charge is -2.24. The van der Waals surface area contributed by atoms with Gasteiger partial charge in [-0.05, 0) is 19.9 Å². The molecule has 0 spiro atoms. The molecule has 0 radical (unpaired) electrons. The van der Waals surface area contributed by atoms with Crippen LogP contribution in [0.4, 0.5) is 8.78 Å². The van der Waals surface area contributed by atoms with Gasteiger partial charge in [0, 0.05) is 12.7 Å². The average Bonchev–Trinajstić information content (AvgIpc) is 2.51. The van der Waals surface area contributed by atoms with Crippen molar-refractivity contribution in [1.82, 2.24) is 9.78 Å². The summed E-state index contributed by atoms with van der Waals surface area (Å²) in [5.74, 6) is 0. The molecule has 13 heavy (non-hydrogen) atoms. The van der Waals surface area contributed by atoms with E-state index >= 15 is 0 Å². The van der Waals surface area contributed by atoms with E-state index in [1.807, 2.05) is 6.92 Å². The van der Waals surface area contributed by atoms with Crippen molar-refractivity contribution in [3.63, 3.8) is 0 Å². The van der Waals surface area contributed by atoms with E-state index in [2.05, 4.69) is 5.10 Å². The first-order valence-electron chi connectivity index (χ1n) is 4.09. The zero-order chi connectivity index (χ0) is 10.1. The summed E-state index contributed by atoms with van der Waals surface area (Å²) in [5, 5.41) is 3.89. The maximum Gasteiger partial charge on any atom is 0.261 e. The molecule has 5 heteroatoms. The summed E-state index contributed by atoms with van der Waals surface area (Å²) in [5.41, 5.74) is 4.24. The van der Waals surface area contributed by atoms with Gasteiger partial charge in [-0.2, -0.15) is 5.10 Å². The van der Waals surface area contributed by atoms with Crippen LogP contribution in [0.15, 0.2) is 12.3 Å². The molecule has 0 fully saturated rings. The molecule has 74 valence electrons. The van der Waals surface area contributed by atoms with Crippen molar-refractivity contribution in [2.75, 3.05) is 0 Å². The first-order valence-corrected chi connectivity index (χ1v) is 4.09. The number of hydrogen-bond acceptors (Lipinski definition) is 2. The standard InChI is InChI=1S/C8H13F2N3/c1-3-13-6(4-5-12-13)8(2,11)7(9)10/h4-5,7H,3,11H2,1-2H3. The third kappa shape index (κ3) is 1.70. The summed E-state index contributed by atoms with van der Waals surface area (Å²) in [6.45, 7) is 3.68. The van der Waals surface area contributed by atoms with Crippen molar-refractivity contribution in [3.05, 3.63) is 18.0 Å². The van der Waals surface area contributed by atoms with E-state index in [4.69, 9.17) is 5.73 Å². The molecule has 0 aliphatic heterocycles. The van der Waals surface area contributed by atoms with Crippen LogP contribution in [0, 0.1) is 0 Å². The van der Waals surface area contributed by atoms with Gasteiger partial charge in [0.1, 0.15) is 5.54 Å². The normalized spacial score (nSPS) is 16.2. The minimum Gasteiger partial charge on any atom is -0.316 e. The van der Waals surface area contributed by atoms with Gasteiger partial charge in [-0.1, -0.05) is 0 Å². The monoisotopic (exact) mass is 189 g/mol. The Morgan fingerprint density at radius 3 is 2.77 bits per heavy atom. The zero-order valence-corrected chi connectivity index (χ0v) is 7.67. The molecular formula is C8H13F2N3. The van der Waals surface area contributed by atoms with Gasteiger partial charge >= 0.3 is 0 Å². The molecule has 1 heterocycles. The minimum atomic E-state index is -2.59. The van der Waals surface area contributed by atoms with Crippen LogP contribution in [-0.2, 0) is 12.1 Å². The molecule has 3 nitrogen and oxygen atoms in total. The number of aryl methyl sites for hydroxylation is 1. The van der Waals surface area contributed by atoms with Crippen LogP contribution in [0.1, 0.15) is 19.5 Å². The molecule has 0 aliphatic rings. The zero-order valence-electron chi connectivity index (χ0n) is 7.67. The molecule has 0 amide bonds. The second-order valence-corrected chi connectivity index (χ2v) is 3.12. The highest BCUT2D eigenvalue weighted by Gasteiger charge is 2.35. The van der Waals surface area contributed by atoms with E-state index in [1.165, 1.54) is 23.9 Å². The van der Waals surface area contributed by atoms with Crippen LogP contribution in [0.3, 0.4) is 0 Å². The minimum absolute atomic E-state index is 0.366. The highest BCUT2D eigenvalue weighted by molar-refractivity contribution is 5.14. The summed E-state index contributed by atoms with van der Waals surface area (Å²) in [7, 11) is 0. The number of aromatic nitrogens is 2. The lowest BCUT2D eigenvalue weighted by Crippen LogP contribution is -2.42. The van der Waals surface area contributed by atoms with Gasteiger partial charge in [0.2, 0.25) is 0 Å². The maximum atomic E-state index is 12.5. The van der Waals surface area contributed by atoms with E-state index in [-0.39, 0.29) is 0 Å². The predicted molar refractivity (Wildman–Crippen MR) is 45.4 cm³/mol. The number of halogens is 2. The number of hydrogen-bond donors (Lipinski definition) is 1. The van der Waals surface area contributed by atoms with Crippen molar-refractivity contribution < 1.29 is 8.78 Å². The van der Waals surface area contributed by atoms with Crippen LogP contribution >= 0.6 is 0 Å². The second-order valence-electron chi connectivity index (χ2n) is 3.12. The summed E-state index contributed by atoms with van der Waals surface area (Å²) in [6.07, 6.45) is -1.11. The van der Waals surface area contributed by atoms with Gasteiger partial charge in [-0.25, -0.2) is 8.78 Å². The van der Waals surface area contributed by atoms with Gasteiger partial charge in [-0.15, -0.1) is 0 Å². The Hall–Kier alpha value is -0.970. The van der Waals surface area contributed by atoms with Crippen LogP contribution < -0.4 is 5.73 Å². The Morgan fingerprint density at radius 2 is 2.31 bits per heavy atom. The SMILES string of the molecule is CCn1nccc1C(C)(N)C(F)F. The average molecular weight is 189 g/mol. The molecule has 2 N–H and O–H groups in total. The Bertz CT molecular complexity index is 281. The van der Waals surface area contributed by atoms with Crippen LogP contribution in [0.2, 0.25) is 0 Å². The van der Waals surface area contributed by atoms with Crippen molar-refractivity contribution in [2.24, 2.45) is 5.73 Å². The molecular weight excluding hydrogens is 176 g/mol. The number of nitrogens with zero attached hydrogens (tertiary/aromatic N) is 2. The first kappa shape index (κ1) is 10.1. The summed E-state index contributed by atoms with van der Waals surface area (Å²) in [4.78, 5) is 0. The van der Waals surface area contributed by atoms with E-state index in [9.17, 15) is 8.78 Å². The van der Waals surface area contributed by atoms with E-state index in [0.717, 1.165) is 0 Å². The molecule has 1 aromatic rings. The lowest BCUT2D eigenvalue weighted by atomic mass is 10.0. The van der Waals surface area contributed by atoms with Gasteiger partial charge in [-0.3, -0.25) is 4.68 Å². The van der Waals surface area contributed by atoms with Gasteiger partial charge in [0.05, 0.1) is 5.69 Å². The molecule has 0 saturated carbocycles. The number of nitrogens with two attached hydrogens (primary N) is 1. The third-order valence-corrected chi connectivity index (χ3v) is 2.02. The smallest absolute Gasteiger partial charge is 0.261 e. The molecule has 1 rings (SSSR count). The highest BCUT2D eigenvalue weighted by atomic mass is 19.3. The Kier molecular flexibility index (Phi) is 2.66. The third-order valence-electron chi connectivity index (χ3n) is 2.02. The van der Waals surface area contributed by atoms with E-state index in [0.29, 0.717) is 12.2 Å². The fraction of sp³-hybridized carbons (Fsp3) is 0.625.